The van der Waals surface area contributed by atoms with Gasteiger partial charge in [-0.05, 0) is 17.7 Å². The number of benzene rings is 1. The topological polar surface area (TPSA) is 32.1 Å². The highest BCUT2D eigenvalue weighted by molar-refractivity contribution is 7.18. The van der Waals surface area contributed by atoms with Gasteiger partial charge in [-0.2, -0.15) is 0 Å². The monoisotopic (exact) mass is 313 g/mol. The number of nitrogens with zero attached hydrogens (tertiary/aromatic N) is 1. The maximum Gasteiger partial charge on any atom is 0.323 e. The van der Waals surface area contributed by atoms with Crippen LogP contribution in [0.15, 0.2) is 59.7 Å². The number of hydrogen-bond acceptors (Lipinski definition) is 3. The minimum Gasteiger partial charge on any atom is -0.375 e. The molecule has 22 heavy (non-hydrogen) atoms. The third kappa shape index (κ3) is 2.18. The van der Waals surface area contributed by atoms with Crippen LogP contribution in [0.25, 0.3) is 10.4 Å². The van der Waals surface area contributed by atoms with Crippen molar-refractivity contribution in [2.45, 2.75) is 19.4 Å². The number of allylic oxidation sites excluding steroid dienone is 3. The van der Waals surface area contributed by atoms with Crippen molar-refractivity contribution in [3.05, 3.63) is 70.2 Å². The minimum absolute atomic E-state index is 0.171. The lowest BCUT2D eigenvalue weighted by molar-refractivity contribution is -0.407. The number of nitrogens with one attached hydrogen (secondary N) is 1. The van der Waals surface area contributed by atoms with Crippen LogP contribution >= 0.6 is 11.3 Å². The van der Waals surface area contributed by atoms with Crippen molar-refractivity contribution >= 4 is 16.3 Å². The molecule has 0 radical (unpaired) electrons. The van der Waals surface area contributed by atoms with Gasteiger partial charge in [0, 0.05) is 29.2 Å². The maximum absolute atomic E-state index is 13.4. The fourth-order valence-electron chi connectivity index (χ4n) is 2.82. The normalized spacial score (nSPS) is 17.3. The van der Waals surface area contributed by atoms with Crippen LogP contribution in [-0.4, -0.2) is 4.76 Å². The van der Waals surface area contributed by atoms with E-state index in [2.05, 4.69) is 5.32 Å². The number of fused-ring (bicyclic) bond motifs is 1. The molecule has 0 atom stereocenters. The van der Waals surface area contributed by atoms with Crippen molar-refractivity contribution < 1.29 is 9.15 Å². The van der Waals surface area contributed by atoms with E-state index in [4.69, 9.17) is 0 Å². The molecule has 0 spiro atoms. The van der Waals surface area contributed by atoms with Crippen LogP contribution in [0.3, 0.4) is 0 Å². The zero-order valence-corrected chi connectivity index (χ0v) is 12.6. The first-order valence-electron chi connectivity index (χ1n) is 7.21. The van der Waals surface area contributed by atoms with Gasteiger partial charge in [-0.1, -0.05) is 41.7 Å². The molecule has 0 saturated carbocycles. The van der Waals surface area contributed by atoms with Gasteiger partial charge in [0.15, 0.2) is 0 Å². The van der Waals surface area contributed by atoms with Crippen LogP contribution < -0.4 is 5.32 Å². The predicted octanol–water partition coefficient (Wildman–Crippen LogP) is 4.79. The summed E-state index contributed by atoms with van der Waals surface area (Å²) in [6.45, 7) is 0.542. The van der Waals surface area contributed by atoms with Crippen molar-refractivity contribution in [3.8, 4) is 10.4 Å². The largest absolute Gasteiger partial charge is 0.375 e. The minimum atomic E-state index is -0.171. The summed E-state index contributed by atoms with van der Waals surface area (Å²) in [6.07, 6.45) is 2.18. The second-order valence-corrected chi connectivity index (χ2v) is 6.44. The van der Waals surface area contributed by atoms with E-state index in [0.29, 0.717) is 35.8 Å². The Morgan fingerprint density at radius 3 is 2.82 bits per heavy atom. The van der Waals surface area contributed by atoms with Gasteiger partial charge in [0.25, 0.3) is 5.70 Å². The van der Waals surface area contributed by atoms with Crippen LogP contribution in [-0.2, 0) is 6.54 Å². The van der Waals surface area contributed by atoms with E-state index in [9.17, 15) is 9.30 Å². The molecule has 0 amide bonds. The van der Waals surface area contributed by atoms with Crippen molar-refractivity contribution in [1.29, 1.82) is 0 Å². The number of halogens is 1. The van der Waals surface area contributed by atoms with E-state index in [0.717, 1.165) is 20.8 Å². The molecule has 110 valence electrons. The Labute approximate surface area is 131 Å². The Morgan fingerprint density at radius 2 is 2.00 bits per heavy atom. The molecule has 5 heteroatoms. The smallest absolute Gasteiger partial charge is 0.323 e. The van der Waals surface area contributed by atoms with Gasteiger partial charge in [-0.15, -0.1) is 0 Å². The highest BCUT2D eigenvalue weighted by Crippen LogP contribution is 2.41. The zero-order chi connectivity index (χ0) is 15.1. The lowest BCUT2D eigenvalue weighted by Gasteiger charge is -2.09. The molecule has 0 saturated heterocycles. The van der Waals surface area contributed by atoms with E-state index in [1.54, 1.807) is 0 Å². The van der Waals surface area contributed by atoms with Gasteiger partial charge in [0.05, 0.1) is 10.3 Å². The molecule has 1 aromatic carbocycles. The number of hydrogen-bond donors (Lipinski definition) is 1. The summed E-state index contributed by atoms with van der Waals surface area (Å²) in [5.74, 6) is -0.171. The van der Waals surface area contributed by atoms with Gasteiger partial charge in [0.1, 0.15) is 11.5 Å². The van der Waals surface area contributed by atoms with Gasteiger partial charge in [-0.3, -0.25) is 0 Å². The molecule has 4 rings (SSSR count). The van der Waals surface area contributed by atoms with Gasteiger partial charge >= 0.3 is 5.00 Å². The molecule has 3 nitrogen and oxygen atoms in total. The molecular weight excluding hydrogens is 299 g/mol. The molecule has 2 heterocycles. The third-order valence-electron chi connectivity index (χ3n) is 3.96. The molecule has 1 aromatic heterocycles. The van der Waals surface area contributed by atoms with Crippen molar-refractivity contribution in [2.75, 3.05) is 0 Å². The van der Waals surface area contributed by atoms with Crippen LogP contribution in [0.1, 0.15) is 18.4 Å². The van der Waals surface area contributed by atoms with Gasteiger partial charge < -0.3 is 5.32 Å². The Morgan fingerprint density at radius 1 is 1.18 bits per heavy atom. The third-order valence-corrected chi connectivity index (χ3v) is 5.15. The second-order valence-electron chi connectivity index (χ2n) is 5.41. The standard InChI is InChI=1S/C17H14FN2OS/c18-13-6-7-15-14(9-13)19-10-12-8-16(22-17(12)20(15)21)11-4-2-1-3-5-11/h1-5,8-9,19H,6-7,10H2/q+1. The zero-order valence-electron chi connectivity index (χ0n) is 11.8. The lowest BCUT2D eigenvalue weighted by Crippen LogP contribution is -2.15. The summed E-state index contributed by atoms with van der Waals surface area (Å²) >= 11 is 1.49. The molecule has 0 unspecified atom stereocenters. The summed E-state index contributed by atoms with van der Waals surface area (Å²) in [4.78, 5) is 13.8. The quantitative estimate of drug-likeness (QED) is 0.768. The summed E-state index contributed by atoms with van der Waals surface area (Å²) in [5, 5.41) is 3.89. The summed E-state index contributed by atoms with van der Waals surface area (Å²) < 4.78 is 14.4. The highest BCUT2D eigenvalue weighted by atomic mass is 32.1. The van der Waals surface area contributed by atoms with Crippen molar-refractivity contribution in [2.24, 2.45) is 0 Å². The van der Waals surface area contributed by atoms with Crippen LogP contribution in [0.2, 0.25) is 0 Å². The fourth-order valence-corrected chi connectivity index (χ4v) is 3.94. The van der Waals surface area contributed by atoms with Gasteiger partial charge in [0.2, 0.25) is 0 Å². The summed E-state index contributed by atoms with van der Waals surface area (Å²) in [6, 6.07) is 12.1. The van der Waals surface area contributed by atoms with E-state index in [1.807, 2.05) is 36.4 Å². The van der Waals surface area contributed by atoms with Crippen molar-refractivity contribution in [1.82, 2.24) is 5.32 Å². The van der Waals surface area contributed by atoms with E-state index < -0.39 is 0 Å². The highest BCUT2D eigenvalue weighted by Gasteiger charge is 2.35. The van der Waals surface area contributed by atoms with E-state index in [1.165, 1.54) is 17.4 Å². The Hall–Kier alpha value is -2.27. The maximum atomic E-state index is 13.4. The molecule has 0 fully saturated rings. The van der Waals surface area contributed by atoms with E-state index in [-0.39, 0.29) is 5.83 Å². The Balaban J connectivity index is 1.78. The van der Waals surface area contributed by atoms with Crippen LogP contribution in [0, 0.1) is 4.91 Å². The number of thiophene rings is 1. The molecule has 1 aliphatic heterocycles. The molecular formula is C17H14FN2OS+. The van der Waals surface area contributed by atoms with Crippen LogP contribution in [0.4, 0.5) is 9.39 Å². The lowest BCUT2D eigenvalue weighted by atomic mass is 10.1. The molecule has 1 N–H and O–H groups in total. The second kappa shape index (κ2) is 5.18. The van der Waals surface area contributed by atoms with Crippen LogP contribution in [0.5, 0.6) is 0 Å². The molecule has 2 aliphatic rings. The summed E-state index contributed by atoms with van der Waals surface area (Å²) in [5.41, 5.74) is 3.31. The first kappa shape index (κ1) is 13.4. The van der Waals surface area contributed by atoms with E-state index >= 15 is 0 Å². The average Bonchev–Trinajstić information content (AvgIpc) is 2.92. The molecule has 2 aromatic rings. The first-order chi connectivity index (χ1) is 10.7. The Bertz CT molecular complexity index is 820. The SMILES string of the molecule is O=[N+]1C2=C(C=C(F)CC2)NCc2cc(-c3ccccc3)sc21. The average molecular weight is 313 g/mol. The molecule has 0 bridgehead atoms. The number of rotatable bonds is 1. The van der Waals surface area contributed by atoms with Gasteiger partial charge in [-0.25, -0.2) is 4.39 Å². The molecule has 1 aliphatic carbocycles. The predicted molar refractivity (Wildman–Crippen MR) is 85.3 cm³/mol. The summed E-state index contributed by atoms with van der Waals surface area (Å²) in [7, 11) is 0. The number of nitroso groups, excluding NO2 is 1. The van der Waals surface area contributed by atoms with Crippen molar-refractivity contribution in [3.63, 3.8) is 0 Å². The fraction of sp³-hybridized carbons (Fsp3) is 0.176. The first-order valence-corrected chi connectivity index (χ1v) is 8.02. The Kier molecular flexibility index (Phi) is 3.15.